The minimum absolute atomic E-state index is 0.00475. The normalized spacial score (nSPS) is 15.5. The van der Waals surface area contributed by atoms with Crippen molar-refractivity contribution < 1.29 is 14.4 Å². The van der Waals surface area contributed by atoms with Gasteiger partial charge in [-0.3, -0.25) is 19.3 Å². The van der Waals surface area contributed by atoms with E-state index in [4.69, 9.17) is 0 Å². The Morgan fingerprint density at radius 3 is 1.68 bits per heavy atom. The molecule has 2 rings (SSSR count). The van der Waals surface area contributed by atoms with Crippen LogP contribution in [0.2, 0.25) is 0 Å². The van der Waals surface area contributed by atoms with Crippen LogP contribution >= 0.6 is 0 Å². The van der Waals surface area contributed by atoms with Crippen molar-refractivity contribution in [2.24, 2.45) is 0 Å². The minimum Gasteiger partial charge on any atom is -0.336 e. The summed E-state index contributed by atoms with van der Waals surface area (Å²) in [6.45, 7) is 9.31. The number of benzene rings is 1. The van der Waals surface area contributed by atoms with Crippen LogP contribution in [0.1, 0.15) is 55.3 Å². The monoisotopic (exact) mass is 302 g/mol. The summed E-state index contributed by atoms with van der Waals surface area (Å²) in [6.07, 6.45) is 0. The Hall–Kier alpha value is -2.17. The maximum absolute atomic E-state index is 12.7. The van der Waals surface area contributed by atoms with Gasteiger partial charge in [0, 0.05) is 12.1 Å². The lowest BCUT2D eigenvalue weighted by molar-refractivity contribution is -0.138. The van der Waals surface area contributed by atoms with E-state index in [1.165, 1.54) is 0 Å². The lowest BCUT2D eigenvalue weighted by Gasteiger charge is -2.35. The molecule has 0 saturated carbocycles. The van der Waals surface area contributed by atoms with Crippen molar-refractivity contribution in [3.8, 4) is 0 Å². The van der Waals surface area contributed by atoms with E-state index in [1.807, 2.05) is 27.7 Å². The number of amides is 3. The predicted octanol–water partition coefficient (Wildman–Crippen LogP) is 2.32. The molecule has 0 fully saturated rings. The van der Waals surface area contributed by atoms with Gasteiger partial charge >= 0.3 is 0 Å². The molecule has 1 aromatic carbocycles. The molecule has 0 N–H and O–H groups in total. The van der Waals surface area contributed by atoms with E-state index < -0.39 is 17.9 Å². The molecule has 1 unspecified atom stereocenters. The molecule has 1 aliphatic heterocycles. The molecule has 0 spiro atoms. The Balaban J connectivity index is 2.31. The smallest absolute Gasteiger partial charge is 0.262 e. The van der Waals surface area contributed by atoms with Crippen LogP contribution in [0, 0.1) is 0 Å². The van der Waals surface area contributed by atoms with Crippen LogP contribution in [0.3, 0.4) is 0 Å². The van der Waals surface area contributed by atoms with Gasteiger partial charge in [0.15, 0.2) is 0 Å². The highest BCUT2D eigenvalue weighted by Crippen LogP contribution is 2.25. The summed E-state index contributed by atoms with van der Waals surface area (Å²) < 4.78 is 0. The van der Waals surface area contributed by atoms with E-state index in [2.05, 4.69) is 0 Å². The molecule has 0 aromatic heterocycles. The third-order valence-electron chi connectivity index (χ3n) is 3.94. The van der Waals surface area contributed by atoms with Gasteiger partial charge in [0.1, 0.15) is 6.04 Å². The summed E-state index contributed by atoms with van der Waals surface area (Å²) >= 11 is 0. The predicted molar refractivity (Wildman–Crippen MR) is 83.5 cm³/mol. The van der Waals surface area contributed by atoms with Crippen LogP contribution < -0.4 is 0 Å². The first-order valence-corrected chi connectivity index (χ1v) is 7.56. The number of fused-ring (bicyclic) bond motifs is 1. The quantitative estimate of drug-likeness (QED) is 0.802. The molecular formula is C17H22N2O3. The summed E-state index contributed by atoms with van der Waals surface area (Å²) in [5.74, 6) is -0.998. The lowest BCUT2D eigenvalue weighted by Crippen LogP contribution is -2.53. The minimum atomic E-state index is -0.808. The third-order valence-corrected chi connectivity index (χ3v) is 3.94. The van der Waals surface area contributed by atoms with Gasteiger partial charge in [-0.1, -0.05) is 12.1 Å². The summed E-state index contributed by atoms with van der Waals surface area (Å²) in [5, 5.41) is 0. The zero-order chi connectivity index (χ0) is 16.6. The number of hydrogen-bond donors (Lipinski definition) is 0. The number of rotatable bonds is 4. The van der Waals surface area contributed by atoms with Gasteiger partial charge in [-0.15, -0.1) is 0 Å². The Labute approximate surface area is 130 Å². The summed E-state index contributed by atoms with van der Waals surface area (Å²) in [4.78, 5) is 40.4. The van der Waals surface area contributed by atoms with Crippen LogP contribution in [0.5, 0.6) is 0 Å². The summed E-state index contributed by atoms with van der Waals surface area (Å²) in [6, 6.07) is 5.88. The second-order valence-corrected chi connectivity index (χ2v) is 6.13. The number of nitrogens with zero attached hydrogens (tertiary/aromatic N) is 2. The van der Waals surface area contributed by atoms with Crippen molar-refractivity contribution >= 4 is 17.7 Å². The highest BCUT2D eigenvalue weighted by Gasteiger charge is 2.42. The van der Waals surface area contributed by atoms with Gasteiger partial charge in [-0.05, 0) is 46.8 Å². The molecule has 0 saturated heterocycles. The molecule has 3 amide bonds. The topological polar surface area (TPSA) is 57.7 Å². The van der Waals surface area contributed by atoms with Crippen molar-refractivity contribution in [1.82, 2.24) is 9.80 Å². The average molecular weight is 302 g/mol. The summed E-state index contributed by atoms with van der Waals surface area (Å²) in [7, 11) is 0. The van der Waals surface area contributed by atoms with E-state index in [9.17, 15) is 14.4 Å². The molecule has 5 nitrogen and oxygen atoms in total. The van der Waals surface area contributed by atoms with Crippen molar-refractivity contribution in [2.45, 2.75) is 52.7 Å². The standard InChI is InChI=1S/C17H22N2O3/c1-10(2)18(11(3)4)15(20)12(5)19-16(21)13-8-6-7-9-14(13)17(19)22/h6-12H,1-5H3. The largest absolute Gasteiger partial charge is 0.336 e. The van der Waals surface area contributed by atoms with Crippen LogP contribution in [0.25, 0.3) is 0 Å². The Bertz CT molecular complexity index is 579. The average Bonchev–Trinajstić information content (AvgIpc) is 2.70. The maximum atomic E-state index is 12.7. The van der Waals surface area contributed by atoms with Gasteiger partial charge in [-0.2, -0.15) is 0 Å². The van der Waals surface area contributed by atoms with Crippen molar-refractivity contribution in [1.29, 1.82) is 0 Å². The maximum Gasteiger partial charge on any atom is 0.262 e. The van der Waals surface area contributed by atoms with Gasteiger partial charge in [0.05, 0.1) is 11.1 Å². The van der Waals surface area contributed by atoms with Crippen molar-refractivity contribution in [3.05, 3.63) is 35.4 Å². The van der Waals surface area contributed by atoms with Gasteiger partial charge in [0.25, 0.3) is 11.8 Å². The molecule has 1 atom stereocenters. The molecule has 0 aliphatic carbocycles. The van der Waals surface area contributed by atoms with E-state index in [0.29, 0.717) is 11.1 Å². The zero-order valence-electron chi connectivity index (χ0n) is 13.7. The molecule has 0 bridgehead atoms. The highest BCUT2D eigenvalue weighted by atomic mass is 16.2. The second-order valence-electron chi connectivity index (χ2n) is 6.13. The first-order valence-electron chi connectivity index (χ1n) is 7.56. The number of hydrogen-bond acceptors (Lipinski definition) is 3. The molecule has 1 aliphatic rings. The first-order chi connectivity index (χ1) is 10.3. The van der Waals surface area contributed by atoms with E-state index in [-0.39, 0.29) is 18.0 Å². The van der Waals surface area contributed by atoms with Gasteiger partial charge in [-0.25, -0.2) is 0 Å². The first kappa shape index (κ1) is 16.2. The summed E-state index contributed by atoms with van der Waals surface area (Å²) in [5.41, 5.74) is 0.737. The Morgan fingerprint density at radius 2 is 1.32 bits per heavy atom. The number of carbonyl (C=O) groups excluding carboxylic acids is 3. The van der Waals surface area contributed by atoms with E-state index in [1.54, 1.807) is 36.1 Å². The Morgan fingerprint density at radius 1 is 0.909 bits per heavy atom. The van der Waals surface area contributed by atoms with Crippen LogP contribution in [-0.4, -0.2) is 45.6 Å². The van der Waals surface area contributed by atoms with Crippen molar-refractivity contribution in [3.63, 3.8) is 0 Å². The number of imide groups is 1. The van der Waals surface area contributed by atoms with Crippen LogP contribution in [0.4, 0.5) is 0 Å². The fraction of sp³-hybridized carbons (Fsp3) is 0.471. The van der Waals surface area contributed by atoms with Crippen molar-refractivity contribution in [2.75, 3.05) is 0 Å². The molecule has 5 heteroatoms. The SMILES string of the molecule is CC(C(=O)N(C(C)C)C(C)C)N1C(=O)c2ccccc2C1=O. The molecule has 1 heterocycles. The van der Waals surface area contributed by atoms with Gasteiger partial charge < -0.3 is 4.90 Å². The highest BCUT2D eigenvalue weighted by molar-refractivity contribution is 6.22. The number of carbonyl (C=O) groups is 3. The van der Waals surface area contributed by atoms with E-state index in [0.717, 1.165) is 4.90 Å². The fourth-order valence-corrected chi connectivity index (χ4v) is 2.99. The second kappa shape index (κ2) is 5.91. The van der Waals surface area contributed by atoms with Gasteiger partial charge in [0.2, 0.25) is 5.91 Å². The molecular weight excluding hydrogens is 280 g/mol. The van der Waals surface area contributed by atoms with E-state index >= 15 is 0 Å². The molecule has 22 heavy (non-hydrogen) atoms. The Kier molecular flexibility index (Phi) is 4.35. The van der Waals surface area contributed by atoms with Crippen LogP contribution in [0.15, 0.2) is 24.3 Å². The molecule has 0 radical (unpaired) electrons. The molecule has 1 aromatic rings. The third kappa shape index (κ3) is 2.51. The lowest BCUT2D eigenvalue weighted by atomic mass is 10.1. The van der Waals surface area contributed by atoms with Crippen LogP contribution in [-0.2, 0) is 4.79 Å². The fourth-order valence-electron chi connectivity index (χ4n) is 2.99. The molecule has 118 valence electrons. The zero-order valence-corrected chi connectivity index (χ0v) is 13.7.